The maximum atomic E-state index is 14.5. The lowest BCUT2D eigenvalue weighted by Gasteiger charge is -2.26. The van der Waals surface area contributed by atoms with Crippen molar-refractivity contribution < 1.29 is 17.6 Å². The van der Waals surface area contributed by atoms with Crippen LogP contribution in [0.4, 0.5) is 17.6 Å². The summed E-state index contributed by atoms with van der Waals surface area (Å²) >= 11 is 3.26. The van der Waals surface area contributed by atoms with Crippen LogP contribution in [0.25, 0.3) is 0 Å². The number of benzene rings is 2. The van der Waals surface area contributed by atoms with Crippen molar-refractivity contribution in [1.29, 1.82) is 0 Å². The first kappa shape index (κ1) is 22.8. The second-order valence-electron chi connectivity index (χ2n) is 7.95. The van der Waals surface area contributed by atoms with Crippen molar-refractivity contribution >= 4 is 15.9 Å². The van der Waals surface area contributed by atoms with Gasteiger partial charge >= 0.3 is 6.18 Å². The van der Waals surface area contributed by atoms with Gasteiger partial charge in [0, 0.05) is 35.2 Å². The van der Waals surface area contributed by atoms with E-state index in [1.54, 1.807) is 18.2 Å². The van der Waals surface area contributed by atoms with Gasteiger partial charge in [-0.3, -0.25) is 4.90 Å². The van der Waals surface area contributed by atoms with Gasteiger partial charge in [-0.2, -0.15) is 13.2 Å². The zero-order chi connectivity index (χ0) is 22.1. The summed E-state index contributed by atoms with van der Waals surface area (Å²) in [5.74, 6) is -0.332. The molecule has 2 aromatic carbocycles. The van der Waals surface area contributed by atoms with E-state index < -0.39 is 11.7 Å². The van der Waals surface area contributed by atoms with E-state index in [9.17, 15) is 17.6 Å². The fourth-order valence-corrected chi connectivity index (χ4v) is 4.25. The molecule has 30 heavy (non-hydrogen) atoms. The molecule has 0 fully saturated rings. The Balaban J connectivity index is 1.84. The van der Waals surface area contributed by atoms with Crippen molar-refractivity contribution in [3.05, 3.63) is 91.7 Å². The van der Waals surface area contributed by atoms with Crippen LogP contribution in [0.15, 0.2) is 58.1 Å². The summed E-state index contributed by atoms with van der Waals surface area (Å²) < 4.78 is 54.2. The molecular weight excluding hydrogens is 458 g/mol. The van der Waals surface area contributed by atoms with Crippen molar-refractivity contribution in [1.82, 2.24) is 4.90 Å². The molecule has 0 atom stereocenters. The van der Waals surface area contributed by atoms with Crippen LogP contribution in [0.1, 0.15) is 34.2 Å². The van der Waals surface area contributed by atoms with Crippen LogP contribution in [-0.2, 0) is 13.1 Å². The number of aryl methyl sites for hydroxylation is 3. The number of nitrogens with zero attached hydrogens (tertiary/aromatic N) is 1. The molecule has 0 spiro atoms. The second kappa shape index (κ2) is 9.06. The van der Waals surface area contributed by atoms with E-state index >= 15 is 0 Å². The predicted molar refractivity (Wildman–Crippen MR) is 116 cm³/mol. The minimum Gasteiger partial charge on any atom is -0.291 e. The number of hydrogen-bond acceptors (Lipinski definition) is 1. The highest BCUT2D eigenvalue weighted by Crippen LogP contribution is 2.34. The third-order valence-corrected chi connectivity index (χ3v) is 5.85. The molecule has 0 N–H and O–H groups in total. The van der Waals surface area contributed by atoms with E-state index in [0.29, 0.717) is 35.2 Å². The van der Waals surface area contributed by atoms with Gasteiger partial charge < -0.3 is 0 Å². The number of rotatable bonds is 6. The maximum absolute atomic E-state index is 14.5. The minimum absolute atomic E-state index is 0.116. The topological polar surface area (TPSA) is 3.24 Å². The molecule has 160 valence electrons. The summed E-state index contributed by atoms with van der Waals surface area (Å²) in [7, 11) is 0. The quantitative estimate of drug-likeness (QED) is 0.390. The average Bonchev–Trinajstić information content (AvgIpc) is 3.09. The van der Waals surface area contributed by atoms with Gasteiger partial charge in [0.25, 0.3) is 0 Å². The normalized spacial score (nSPS) is 14.3. The smallest absolute Gasteiger partial charge is 0.291 e. The van der Waals surface area contributed by atoms with Crippen LogP contribution < -0.4 is 0 Å². The third kappa shape index (κ3) is 5.61. The first-order valence-corrected chi connectivity index (χ1v) is 10.5. The molecule has 1 aliphatic carbocycles. The second-order valence-corrected chi connectivity index (χ2v) is 8.87. The lowest BCUT2D eigenvalue weighted by Crippen LogP contribution is -2.27. The zero-order valence-electron chi connectivity index (χ0n) is 17.2. The number of hydrogen-bond donors (Lipinski definition) is 0. The molecule has 0 saturated carbocycles. The fourth-order valence-electron chi connectivity index (χ4n) is 3.91. The van der Waals surface area contributed by atoms with E-state index in [1.165, 1.54) is 6.07 Å². The summed E-state index contributed by atoms with van der Waals surface area (Å²) in [6.07, 6.45) is -1.74. The Morgan fingerprint density at radius 1 is 0.933 bits per heavy atom. The molecule has 0 radical (unpaired) electrons. The van der Waals surface area contributed by atoms with Gasteiger partial charge in [0.15, 0.2) is 0 Å². The zero-order valence-corrected chi connectivity index (χ0v) is 18.8. The van der Waals surface area contributed by atoms with Crippen LogP contribution in [0.3, 0.4) is 0 Å². The van der Waals surface area contributed by atoms with E-state index in [4.69, 9.17) is 0 Å². The van der Waals surface area contributed by atoms with Gasteiger partial charge in [-0.25, -0.2) is 4.39 Å². The first-order valence-electron chi connectivity index (χ1n) is 9.71. The molecule has 0 bridgehead atoms. The Morgan fingerprint density at radius 3 is 2.17 bits per heavy atom. The summed E-state index contributed by atoms with van der Waals surface area (Å²) in [5, 5.41) is 0. The predicted octanol–water partition coefficient (Wildman–Crippen LogP) is 7.33. The molecule has 0 heterocycles. The Morgan fingerprint density at radius 2 is 1.60 bits per heavy atom. The standard InChI is InChI=1S/C24H24BrF4N/c1-15-8-16(2)22(17(3)9-15)14-30(13-19-5-7-21(25)11-23(19)26)12-18-4-6-20(10-18)24(27,28)29/h4-9,11H,10,12-14H2,1-3H3. The van der Waals surface area contributed by atoms with Crippen LogP contribution in [0.5, 0.6) is 0 Å². The van der Waals surface area contributed by atoms with Gasteiger partial charge in [-0.1, -0.05) is 57.4 Å². The molecule has 2 aromatic rings. The summed E-state index contributed by atoms with van der Waals surface area (Å²) in [5.41, 5.74) is 5.21. The van der Waals surface area contributed by atoms with Gasteiger partial charge in [-0.05, 0) is 56.0 Å². The lowest BCUT2D eigenvalue weighted by molar-refractivity contribution is -0.0928. The van der Waals surface area contributed by atoms with Crippen molar-refractivity contribution in [2.45, 2.75) is 46.5 Å². The number of halogens is 5. The van der Waals surface area contributed by atoms with Crippen molar-refractivity contribution in [2.75, 3.05) is 6.54 Å². The Labute approximate surface area is 183 Å². The first-order chi connectivity index (χ1) is 14.0. The van der Waals surface area contributed by atoms with Gasteiger partial charge in [-0.15, -0.1) is 0 Å². The summed E-state index contributed by atoms with van der Waals surface area (Å²) in [6.45, 7) is 7.29. The maximum Gasteiger partial charge on any atom is 0.413 e. The van der Waals surface area contributed by atoms with Crippen LogP contribution in [0, 0.1) is 26.6 Å². The fraction of sp³-hybridized carbons (Fsp3) is 0.333. The lowest BCUT2D eigenvalue weighted by atomic mass is 9.99. The SMILES string of the molecule is Cc1cc(C)c(CN(CC2=CC=C(C(F)(F)F)C2)Cc2ccc(Br)cc2F)c(C)c1. The third-order valence-electron chi connectivity index (χ3n) is 5.36. The molecular formula is C24H24BrF4N. The average molecular weight is 482 g/mol. The van der Waals surface area contributed by atoms with Gasteiger partial charge in [0.2, 0.25) is 0 Å². The number of allylic oxidation sites excluding steroid dienone is 3. The molecule has 0 unspecified atom stereocenters. The monoisotopic (exact) mass is 481 g/mol. The van der Waals surface area contributed by atoms with Crippen molar-refractivity contribution in [3.8, 4) is 0 Å². The molecule has 0 saturated heterocycles. The van der Waals surface area contributed by atoms with Crippen LogP contribution in [-0.4, -0.2) is 17.6 Å². The Bertz CT molecular complexity index is 982. The highest BCUT2D eigenvalue weighted by atomic mass is 79.9. The van der Waals surface area contributed by atoms with Crippen LogP contribution >= 0.6 is 15.9 Å². The minimum atomic E-state index is -4.31. The van der Waals surface area contributed by atoms with E-state index in [0.717, 1.165) is 28.3 Å². The van der Waals surface area contributed by atoms with E-state index in [1.807, 2.05) is 25.7 Å². The molecule has 0 aliphatic heterocycles. The van der Waals surface area contributed by atoms with Crippen LogP contribution in [0.2, 0.25) is 0 Å². The van der Waals surface area contributed by atoms with Gasteiger partial charge in [0.1, 0.15) is 5.82 Å². The largest absolute Gasteiger partial charge is 0.413 e. The number of alkyl halides is 3. The molecule has 1 nitrogen and oxygen atoms in total. The summed E-state index contributed by atoms with van der Waals surface area (Å²) in [4.78, 5) is 2.01. The highest BCUT2D eigenvalue weighted by Gasteiger charge is 2.35. The molecule has 1 aliphatic rings. The summed E-state index contributed by atoms with van der Waals surface area (Å²) in [6, 6.07) is 9.09. The Kier molecular flexibility index (Phi) is 6.88. The van der Waals surface area contributed by atoms with Crippen molar-refractivity contribution in [2.24, 2.45) is 0 Å². The molecule has 0 amide bonds. The van der Waals surface area contributed by atoms with E-state index in [2.05, 4.69) is 28.1 Å². The molecule has 3 rings (SSSR count). The Hall–Kier alpha value is -1.92. The van der Waals surface area contributed by atoms with E-state index in [-0.39, 0.29) is 12.2 Å². The molecule has 0 aromatic heterocycles. The molecule has 6 heteroatoms. The van der Waals surface area contributed by atoms with Gasteiger partial charge in [0.05, 0.1) is 0 Å². The van der Waals surface area contributed by atoms with Crippen molar-refractivity contribution in [3.63, 3.8) is 0 Å². The highest BCUT2D eigenvalue weighted by molar-refractivity contribution is 9.10.